The van der Waals surface area contributed by atoms with Gasteiger partial charge in [0, 0.05) is 17.0 Å². The van der Waals surface area contributed by atoms with Crippen LogP contribution in [0.3, 0.4) is 0 Å². The van der Waals surface area contributed by atoms with Crippen LogP contribution in [-0.2, 0) is 9.53 Å². The lowest BCUT2D eigenvalue weighted by Crippen LogP contribution is -2.41. The molecule has 5 rings (SSSR count). The van der Waals surface area contributed by atoms with E-state index in [-0.39, 0.29) is 23.2 Å². The van der Waals surface area contributed by atoms with Gasteiger partial charge in [0.15, 0.2) is 0 Å². The highest BCUT2D eigenvalue weighted by Crippen LogP contribution is 2.72. The van der Waals surface area contributed by atoms with Crippen molar-refractivity contribution < 1.29 is 9.53 Å². The molecule has 0 radical (unpaired) electrons. The summed E-state index contributed by atoms with van der Waals surface area (Å²) in [5.41, 5.74) is 3.81. The number of carbonyl (C=O) groups excluding carboxylic acids is 1. The second-order valence-electron chi connectivity index (χ2n) is 8.81. The van der Waals surface area contributed by atoms with Crippen LogP contribution in [0.25, 0.3) is 0 Å². The molecule has 0 spiro atoms. The molecule has 4 heteroatoms. The lowest BCUT2D eigenvalue weighted by atomic mass is 9.84. The fourth-order valence-corrected chi connectivity index (χ4v) is 13.7. The Labute approximate surface area is 199 Å². The van der Waals surface area contributed by atoms with E-state index in [0.29, 0.717) is 12.3 Å². The van der Waals surface area contributed by atoms with E-state index >= 15 is 0 Å². The molecule has 5 atom stereocenters. The normalized spacial score (nSPS) is 26.1. The third-order valence-corrected chi connectivity index (χ3v) is 13.8. The van der Waals surface area contributed by atoms with Crippen molar-refractivity contribution in [3.05, 3.63) is 102 Å². The molecule has 0 aliphatic carbocycles. The van der Waals surface area contributed by atoms with Crippen molar-refractivity contribution in [1.29, 1.82) is 0 Å². The van der Waals surface area contributed by atoms with E-state index in [2.05, 4.69) is 105 Å². The van der Waals surface area contributed by atoms with Crippen LogP contribution < -0.4 is 15.9 Å². The molecular formula is C29H30O2P2. The molecular weight excluding hydrogens is 442 g/mol. The van der Waals surface area contributed by atoms with Gasteiger partial charge in [-0.2, -0.15) is 0 Å². The van der Waals surface area contributed by atoms with Gasteiger partial charge >= 0.3 is 5.97 Å². The van der Waals surface area contributed by atoms with Crippen LogP contribution in [0, 0.1) is 5.92 Å². The molecule has 3 aromatic rings. The first kappa shape index (κ1) is 22.5. The highest BCUT2D eigenvalue weighted by atomic mass is 31.1. The predicted octanol–water partition coefficient (Wildman–Crippen LogP) is 5.58. The van der Waals surface area contributed by atoms with Crippen molar-refractivity contribution >= 4 is 37.7 Å². The molecule has 2 heterocycles. The molecule has 1 saturated heterocycles. The van der Waals surface area contributed by atoms with Gasteiger partial charge in [-0.1, -0.05) is 110 Å². The zero-order valence-corrected chi connectivity index (χ0v) is 21.2. The van der Waals surface area contributed by atoms with Crippen molar-refractivity contribution in [3.8, 4) is 0 Å². The number of benzene rings is 3. The van der Waals surface area contributed by atoms with Gasteiger partial charge in [-0.05, 0) is 44.6 Å². The summed E-state index contributed by atoms with van der Waals surface area (Å²) >= 11 is 0. The van der Waals surface area contributed by atoms with E-state index in [1.807, 2.05) is 6.92 Å². The number of ether oxygens (including phenoxy) is 1. The van der Waals surface area contributed by atoms with E-state index in [1.165, 1.54) is 27.1 Å². The maximum absolute atomic E-state index is 13.6. The summed E-state index contributed by atoms with van der Waals surface area (Å²) in [6.45, 7) is 6.93. The van der Waals surface area contributed by atoms with Gasteiger partial charge < -0.3 is 4.74 Å². The second kappa shape index (κ2) is 9.54. The Hall–Kier alpha value is -2.27. The second-order valence-corrected chi connectivity index (χ2v) is 13.6. The van der Waals surface area contributed by atoms with Gasteiger partial charge in [-0.15, -0.1) is 0 Å². The van der Waals surface area contributed by atoms with Crippen LogP contribution in [0.5, 0.6) is 0 Å². The lowest BCUT2D eigenvalue weighted by molar-refractivity contribution is -0.147. The number of hydrogen-bond donors (Lipinski definition) is 0. The first-order chi connectivity index (χ1) is 16.1. The van der Waals surface area contributed by atoms with Crippen molar-refractivity contribution in [2.45, 2.75) is 37.7 Å². The summed E-state index contributed by atoms with van der Waals surface area (Å²) in [5, 5.41) is 4.10. The maximum Gasteiger partial charge on any atom is 0.310 e. The van der Waals surface area contributed by atoms with Crippen LogP contribution in [0.4, 0.5) is 0 Å². The largest absolute Gasteiger partial charge is 0.466 e. The fraction of sp³-hybridized carbons (Fsp3) is 0.276. The predicted molar refractivity (Wildman–Crippen MR) is 142 cm³/mol. The Kier molecular flexibility index (Phi) is 6.51. The van der Waals surface area contributed by atoms with Gasteiger partial charge in [-0.25, -0.2) is 0 Å². The molecule has 2 nitrogen and oxygen atoms in total. The summed E-state index contributed by atoms with van der Waals surface area (Å²) in [6, 6.07) is 32.6. The van der Waals surface area contributed by atoms with E-state index in [9.17, 15) is 4.79 Å². The Bertz CT molecular complexity index is 1100. The summed E-state index contributed by atoms with van der Waals surface area (Å²) in [4.78, 5) is 13.6. The van der Waals surface area contributed by atoms with Crippen LogP contribution in [0.1, 0.15) is 20.8 Å². The average Bonchev–Trinajstić information content (AvgIpc) is 3.32. The van der Waals surface area contributed by atoms with Crippen LogP contribution in [0.15, 0.2) is 102 Å². The molecule has 0 saturated carbocycles. The standard InChI is InChI=1S/C29H30O2P2/c1-4-31-29(30)25-26-20(2)21(3)27(33(26)24-18-12-7-13-19-24)28(25)32(22-14-8-5-9-15-22)23-16-10-6-11-17-23/h5-19,25-28H,4H2,1-3H3/t25-,26+,27-,28+,33-/m1/s1. The maximum atomic E-state index is 13.6. The molecule has 2 aliphatic rings. The highest BCUT2D eigenvalue weighted by Gasteiger charge is 2.61. The van der Waals surface area contributed by atoms with Gasteiger partial charge in [0.2, 0.25) is 0 Å². The molecule has 0 N–H and O–H groups in total. The van der Waals surface area contributed by atoms with E-state index < -0.39 is 15.8 Å². The minimum atomic E-state index is -0.731. The van der Waals surface area contributed by atoms with Crippen molar-refractivity contribution in [2.75, 3.05) is 6.61 Å². The van der Waals surface area contributed by atoms with Gasteiger partial charge in [0.25, 0.3) is 0 Å². The number of rotatable bonds is 6. The molecule has 0 amide bonds. The zero-order chi connectivity index (χ0) is 22.9. The van der Waals surface area contributed by atoms with Crippen molar-refractivity contribution in [2.24, 2.45) is 5.92 Å². The van der Waals surface area contributed by atoms with Gasteiger partial charge in [0.05, 0.1) is 12.5 Å². The lowest BCUT2D eigenvalue weighted by Gasteiger charge is -2.37. The molecule has 33 heavy (non-hydrogen) atoms. The molecule has 2 aliphatic heterocycles. The van der Waals surface area contributed by atoms with E-state index in [4.69, 9.17) is 4.74 Å². The Morgan fingerprint density at radius 3 is 1.79 bits per heavy atom. The van der Waals surface area contributed by atoms with E-state index in [0.717, 1.165) is 0 Å². The Morgan fingerprint density at radius 1 is 0.788 bits per heavy atom. The number of hydrogen-bond acceptors (Lipinski definition) is 2. The van der Waals surface area contributed by atoms with Gasteiger partial charge in [0.1, 0.15) is 0 Å². The van der Waals surface area contributed by atoms with Gasteiger partial charge in [-0.3, -0.25) is 4.79 Å². The SMILES string of the molecule is CCOC(=O)[C@H]1[C@H](P(c2ccccc2)c2ccccc2)[C@H]2C(C)=C(C)[C@@H]1[P@@]2c1ccccc1. The minimum absolute atomic E-state index is 0.00959. The summed E-state index contributed by atoms with van der Waals surface area (Å²) in [7, 11) is -1.25. The smallest absolute Gasteiger partial charge is 0.310 e. The average molecular weight is 473 g/mol. The monoisotopic (exact) mass is 472 g/mol. The molecule has 2 bridgehead atoms. The molecule has 0 aromatic heterocycles. The third kappa shape index (κ3) is 3.88. The number of fused-ring (bicyclic) bond motifs is 2. The Balaban J connectivity index is 1.71. The van der Waals surface area contributed by atoms with Crippen LogP contribution in [0.2, 0.25) is 0 Å². The van der Waals surface area contributed by atoms with Crippen molar-refractivity contribution in [1.82, 2.24) is 0 Å². The topological polar surface area (TPSA) is 26.3 Å². The van der Waals surface area contributed by atoms with Crippen molar-refractivity contribution in [3.63, 3.8) is 0 Å². The molecule has 0 unspecified atom stereocenters. The molecule has 168 valence electrons. The quantitative estimate of drug-likeness (QED) is 0.266. The summed E-state index contributed by atoms with van der Waals surface area (Å²) in [6.07, 6.45) is 0. The first-order valence-corrected chi connectivity index (χ1v) is 14.6. The van der Waals surface area contributed by atoms with E-state index in [1.54, 1.807) is 0 Å². The third-order valence-electron chi connectivity index (χ3n) is 7.12. The number of allylic oxidation sites excluding steroid dienone is 2. The number of esters is 1. The molecule has 3 aromatic carbocycles. The zero-order valence-electron chi connectivity index (χ0n) is 19.4. The first-order valence-electron chi connectivity index (χ1n) is 11.7. The number of carbonyl (C=O) groups is 1. The van der Waals surface area contributed by atoms with Crippen LogP contribution >= 0.6 is 15.8 Å². The highest BCUT2D eigenvalue weighted by molar-refractivity contribution is 7.76. The summed E-state index contributed by atoms with van der Waals surface area (Å²) < 4.78 is 5.76. The fourth-order valence-electron chi connectivity index (χ4n) is 5.70. The van der Waals surface area contributed by atoms with Crippen LogP contribution in [-0.4, -0.2) is 29.6 Å². The Morgan fingerprint density at radius 2 is 1.27 bits per heavy atom. The summed E-state index contributed by atoms with van der Waals surface area (Å²) in [5.74, 6) is -0.110. The minimum Gasteiger partial charge on any atom is -0.466 e. The molecule has 1 fully saturated rings.